The zero-order valence-corrected chi connectivity index (χ0v) is 10.1. The van der Waals surface area contributed by atoms with E-state index in [1.165, 1.54) is 0 Å². The van der Waals surface area contributed by atoms with Gasteiger partial charge in [-0.2, -0.15) is 0 Å². The van der Waals surface area contributed by atoms with Gasteiger partial charge in [-0.15, -0.1) is 0 Å². The lowest BCUT2D eigenvalue weighted by molar-refractivity contribution is 0.0583. The zero-order valence-electron chi connectivity index (χ0n) is 8.53. The van der Waals surface area contributed by atoms with Crippen LogP contribution in [0.15, 0.2) is 22.9 Å². The number of nitrogens with zero attached hydrogens (tertiary/aromatic N) is 1. The molecule has 0 aromatic carbocycles. The maximum atomic E-state index is 6.22. The van der Waals surface area contributed by atoms with E-state index >= 15 is 0 Å². The molecule has 82 valence electrons. The van der Waals surface area contributed by atoms with Crippen molar-refractivity contribution >= 4 is 15.9 Å². The Hall–Kier alpha value is -0.450. The lowest BCUT2D eigenvalue weighted by Gasteiger charge is -2.27. The van der Waals surface area contributed by atoms with E-state index in [9.17, 15) is 0 Å². The number of pyridine rings is 1. The van der Waals surface area contributed by atoms with Gasteiger partial charge in [0.2, 0.25) is 0 Å². The molecule has 1 saturated heterocycles. The highest BCUT2D eigenvalue weighted by Gasteiger charge is 2.22. The third-order valence-corrected chi connectivity index (χ3v) is 3.32. The molecule has 1 atom stereocenters. The molecule has 0 bridgehead atoms. The van der Waals surface area contributed by atoms with Gasteiger partial charge in [0, 0.05) is 36.1 Å². The summed E-state index contributed by atoms with van der Waals surface area (Å²) < 4.78 is 6.32. The second kappa shape index (κ2) is 5.05. The first kappa shape index (κ1) is 11.0. The number of hydrogen-bond donors (Lipinski definition) is 1. The van der Waals surface area contributed by atoms with Crippen LogP contribution >= 0.6 is 15.9 Å². The topological polar surface area (TPSA) is 48.1 Å². The average Bonchev–Trinajstić information content (AvgIpc) is 2.29. The van der Waals surface area contributed by atoms with Crippen LogP contribution in [0, 0.1) is 5.92 Å². The third-order valence-electron chi connectivity index (χ3n) is 2.88. The van der Waals surface area contributed by atoms with Crippen LogP contribution in [0.2, 0.25) is 0 Å². The average molecular weight is 271 g/mol. The van der Waals surface area contributed by atoms with Crippen molar-refractivity contribution in [2.45, 2.75) is 18.9 Å². The summed E-state index contributed by atoms with van der Waals surface area (Å²) in [5.41, 5.74) is 7.33. The van der Waals surface area contributed by atoms with Crippen molar-refractivity contribution in [3.63, 3.8) is 0 Å². The summed E-state index contributed by atoms with van der Waals surface area (Å²) in [7, 11) is 0. The standard InChI is InChI=1S/C11H15BrN2O/c12-10-5-9(6-14-7-10)11(13)8-1-3-15-4-2-8/h5-8,11H,1-4,13H2/t11-/m0/s1. The number of nitrogens with two attached hydrogens (primary N) is 1. The Kier molecular flexibility index (Phi) is 3.72. The fourth-order valence-corrected chi connectivity index (χ4v) is 2.34. The van der Waals surface area contributed by atoms with E-state index in [0.717, 1.165) is 36.1 Å². The SMILES string of the molecule is N[C@H](c1cncc(Br)c1)C1CCOCC1. The van der Waals surface area contributed by atoms with Crippen molar-refractivity contribution in [2.75, 3.05) is 13.2 Å². The molecule has 4 heteroatoms. The number of halogens is 1. The highest BCUT2D eigenvalue weighted by molar-refractivity contribution is 9.10. The Labute approximate surface area is 98.2 Å². The molecular formula is C11H15BrN2O. The first-order valence-electron chi connectivity index (χ1n) is 5.21. The van der Waals surface area contributed by atoms with Crippen LogP contribution in [0.3, 0.4) is 0 Å². The van der Waals surface area contributed by atoms with Gasteiger partial charge in [0.1, 0.15) is 0 Å². The quantitative estimate of drug-likeness (QED) is 0.897. The molecule has 1 fully saturated rings. The summed E-state index contributed by atoms with van der Waals surface area (Å²) in [5.74, 6) is 0.523. The number of aromatic nitrogens is 1. The van der Waals surface area contributed by atoms with Crippen molar-refractivity contribution in [1.29, 1.82) is 0 Å². The molecule has 1 aliphatic rings. The Bertz CT molecular complexity index is 326. The van der Waals surface area contributed by atoms with Gasteiger partial charge < -0.3 is 10.5 Å². The van der Waals surface area contributed by atoms with Gasteiger partial charge in [-0.05, 0) is 46.3 Å². The van der Waals surface area contributed by atoms with Gasteiger partial charge in [-0.3, -0.25) is 4.98 Å². The zero-order chi connectivity index (χ0) is 10.7. The molecule has 15 heavy (non-hydrogen) atoms. The Morgan fingerprint density at radius 3 is 2.80 bits per heavy atom. The van der Waals surface area contributed by atoms with Crippen LogP contribution in [-0.4, -0.2) is 18.2 Å². The Morgan fingerprint density at radius 1 is 1.40 bits per heavy atom. The van der Waals surface area contributed by atoms with Crippen molar-refractivity contribution in [3.8, 4) is 0 Å². The summed E-state index contributed by atoms with van der Waals surface area (Å²) in [5, 5.41) is 0. The smallest absolute Gasteiger partial charge is 0.0469 e. The normalized spacial score (nSPS) is 20.1. The minimum atomic E-state index is 0.0823. The molecule has 2 heterocycles. The molecule has 0 amide bonds. The predicted molar refractivity (Wildman–Crippen MR) is 62.4 cm³/mol. The molecule has 2 N–H and O–H groups in total. The number of rotatable bonds is 2. The maximum Gasteiger partial charge on any atom is 0.0469 e. The van der Waals surface area contributed by atoms with Crippen molar-refractivity contribution < 1.29 is 4.74 Å². The van der Waals surface area contributed by atoms with E-state index in [1.807, 2.05) is 12.3 Å². The van der Waals surface area contributed by atoms with Crippen LogP contribution in [-0.2, 0) is 4.74 Å². The second-order valence-corrected chi connectivity index (χ2v) is 4.83. The molecule has 1 aromatic heterocycles. The molecule has 0 unspecified atom stereocenters. The highest BCUT2D eigenvalue weighted by Crippen LogP contribution is 2.28. The van der Waals surface area contributed by atoms with Crippen molar-refractivity contribution in [1.82, 2.24) is 4.98 Å². The van der Waals surface area contributed by atoms with Crippen LogP contribution in [0.25, 0.3) is 0 Å². The van der Waals surface area contributed by atoms with E-state index in [-0.39, 0.29) is 6.04 Å². The fourth-order valence-electron chi connectivity index (χ4n) is 1.96. The lowest BCUT2D eigenvalue weighted by Crippen LogP contribution is -2.27. The summed E-state index contributed by atoms with van der Waals surface area (Å²) in [6.45, 7) is 1.67. The minimum absolute atomic E-state index is 0.0823. The molecule has 1 aliphatic heterocycles. The summed E-state index contributed by atoms with van der Waals surface area (Å²) in [6.07, 6.45) is 5.73. The summed E-state index contributed by atoms with van der Waals surface area (Å²) in [6, 6.07) is 2.13. The summed E-state index contributed by atoms with van der Waals surface area (Å²) in [4.78, 5) is 4.14. The van der Waals surface area contributed by atoms with Gasteiger partial charge in [0.25, 0.3) is 0 Å². The molecular weight excluding hydrogens is 256 g/mol. The van der Waals surface area contributed by atoms with Crippen LogP contribution in [0.5, 0.6) is 0 Å². The Morgan fingerprint density at radius 2 is 2.13 bits per heavy atom. The van der Waals surface area contributed by atoms with Crippen LogP contribution in [0.1, 0.15) is 24.4 Å². The molecule has 3 nitrogen and oxygen atoms in total. The fraction of sp³-hybridized carbons (Fsp3) is 0.545. The number of hydrogen-bond acceptors (Lipinski definition) is 3. The number of ether oxygens (including phenoxy) is 1. The van der Waals surface area contributed by atoms with Gasteiger partial charge in [-0.1, -0.05) is 0 Å². The summed E-state index contributed by atoms with van der Waals surface area (Å²) >= 11 is 3.41. The van der Waals surface area contributed by atoms with Gasteiger partial charge in [0.15, 0.2) is 0 Å². The second-order valence-electron chi connectivity index (χ2n) is 3.91. The first-order valence-corrected chi connectivity index (χ1v) is 6.00. The van der Waals surface area contributed by atoms with Crippen molar-refractivity contribution in [3.05, 3.63) is 28.5 Å². The third kappa shape index (κ3) is 2.77. The van der Waals surface area contributed by atoms with Gasteiger partial charge in [0.05, 0.1) is 0 Å². The largest absolute Gasteiger partial charge is 0.381 e. The molecule has 1 aromatic rings. The van der Waals surface area contributed by atoms with Crippen LogP contribution in [0.4, 0.5) is 0 Å². The molecule has 0 saturated carbocycles. The van der Waals surface area contributed by atoms with E-state index in [0.29, 0.717) is 5.92 Å². The van der Waals surface area contributed by atoms with Crippen LogP contribution < -0.4 is 5.73 Å². The van der Waals surface area contributed by atoms with E-state index < -0.39 is 0 Å². The highest BCUT2D eigenvalue weighted by atomic mass is 79.9. The minimum Gasteiger partial charge on any atom is -0.381 e. The monoisotopic (exact) mass is 270 g/mol. The lowest BCUT2D eigenvalue weighted by atomic mass is 9.88. The van der Waals surface area contributed by atoms with Gasteiger partial charge in [-0.25, -0.2) is 0 Å². The molecule has 0 aliphatic carbocycles. The van der Waals surface area contributed by atoms with E-state index in [4.69, 9.17) is 10.5 Å². The maximum absolute atomic E-state index is 6.22. The van der Waals surface area contributed by atoms with Crippen molar-refractivity contribution in [2.24, 2.45) is 11.7 Å². The first-order chi connectivity index (χ1) is 7.27. The molecule has 0 spiro atoms. The predicted octanol–water partition coefficient (Wildman–Crippen LogP) is 2.27. The van der Waals surface area contributed by atoms with Gasteiger partial charge >= 0.3 is 0 Å². The molecule has 2 rings (SSSR count). The molecule has 0 radical (unpaired) electrons. The van der Waals surface area contributed by atoms with E-state index in [1.54, 1.807) is 6.20 Å². The van der Waals surface area contributed by atoms with E-state index in [2.05, 4.69) is 20.9 Å². The Balaban J connectivity index is 2.08.